The van der Waals surface area contributed by atoms with Gasteiger partial charge in [0.2, 0.25) is 0 Å². The molecule has 4 rings (SSSR count). The molecule has 0 unspecified atom stereocenters. The predicted molar refractivity (Wildman–Crippen MR) is 122 cm³/mol. The monoisotopic (exact) mass is 460 g/mol. The Morgan fingerprint density at radius 3 is 2.71 bits per heavy atom. The summed E-state index contributed by atoms with van der Waals surface area (Å²) in [7, 11) is 2.94. The smallest absolute Gasteiger partial charge is 0.316 e. The molecule has 7 nitrogen and oxygen atoms in total. The predicted octanol–water partition coefficient (Wildman–Crippen LogP) is 3.82. The van der Waals surface area contributed by atoms with E-state index in [1.807, 2.05) is 12.1 Å². The van der Waals surface area contributed by atoms with Crippen LogP contribution in [0.5, 0.6) is 5.75 Å². The number of ether oxygens (including phenoxy) is 3. The Kier molecular flexibility index (Phi) is 6.36. The molecular formula is C22H24N2O5S2. The molecule has 0 radical (unpaired) electrons. The highest BCUT2D eigenvalue weighted by atomic mass is 32.2. The zero-order valence-electron chi connectivity index (χ0n) is 17.8. The topological polar surface area (TPSA) is 79.7 Å². The van der Waals surface area contributed by atoms with E-state index in [2.05, 4.69) is 13.8 Å². The van der Waals surface area contributed by atoms with E-state index in [0.717, 1.165) is 10.4 Å². The summed E-state index contributed by atoms with van der Waals surface area (Å²) in [5, 5.41) is 1.10. The molecular weight excluding hydrogens is 436 g/mol. The third kappa shape index (κ3) is 4.22. The molecule has 1 aliphatic heterocycles. The second-order valence-corrected chi connectivity index (χ2v) is 9.61. The molecule has 0 N–H and O–H groups in total. The van der Waals surface area contributed by atoms with Gasteiger partial charge in [0.15, 0.2) is 5.16 Å². The van der Waals surface area contributed by atoms with Gasteiger partial charge in [-0.25, -0.2) is 4.98 Å². The van der Waals surface area contributed by atoms with E-state index < -0.39 is 0 Å². The maximum atomic E-state index is 13.8. The number of methoxy groups -OCH3 is 2. The van der Waals surface area contributed by atoms with Crippen LogP contribution in [0.15, 0.2) is 34.2 Å². The summed E-state index contributed by atoms with van der Waals surface area (Å²) >= 11 is 2.68. The average molecular weight is 461 g/mol. The summed E-state index contributed by atoms with van der Waals surface area (Å²) in [6.07, 6.45) is 0.772. The van der Waals surface area contributed by atoms with Gasteiger partial charge in [-0.2, -0.15) is 0 Å². The zero-order valence-corrected chi connectivity index (χ0v) is 19.5. The zero-order chi connectivity index (χ0) is 22.1. The van der Waals surface area contributed by atoms with Gasteiger partial charge in [0, 0.05) is 11.3 Å². The number of esters is 1. The number of carbonyl (C=O) groups excluding carboxylic acids is 1. The van der Waals surface area contributed by atoms with Gasteiger partial charge in [-0.05, 0) is 35.7 Å². The quantitative estimate of drug-likeness (QED) is 0.314. The van der Waals surface area contributed by atoms with Gasteiger partial charge in [0.05, 0.1) is 43.8 Å². The molecule has 164 valence electrons. The van der Waals surface area contributed by atoms with Crippen molar-refractivity contribution in [3.8, 4) is 11.4 Å². The number of thiophene rings is 1. The highest BCUT2D eigenvalue weighted by Gasteiger charge is 2.29. The second kappa shape index (κ2) is 9.02. The van der Waals surface area contributed by atoms with Crippen molar-refractivity contribution in [2.75, 3.05) is 20.0 Å². The molecule has 2 aromatic heterocycles. The van der Waals surface area contributed by atoms with E-state index in [4.69, 9.17) is 19.2 Å². The second-order valence-electron chi connectivity index (χ2n) is 7.58. The van der Waals surface area contributed by atoms with E-state index in [1.165, 1.54) is 30.2 Å². The Hall–Kier alpha value is -2.36. The maximum absolute atomic E-state index is 13.8. The van der Waals surface area contributed by atoms with E-state index in [1.54, 1.807) is 23.8 Å². The van der Waals surface area contributed by atoms with Crippen molar-refractivity contribution in [1.82, 2.24) is 9.55 Å². The highest BCUT2D eigenvalue weighted by Crippen LogP contribution is 2.36. The Balaban J connectivity index is 1.89. The van der Waals surface area contributed by atoms with Gasteiger partial charge in [0.1, 0.15) is 10.6 Å². The lowest BCUT2D eigenvalue weighted by Gasteiger charge is -2.26. The fraction of sp³-hybridized carbons (Fsp3) is 0.409. The molecule has 0 fully saturated rings. The van der Waals surface area contributed by atoms with Crippen molar-refractivity contribution in [2.24, 2.45) is 5.92 Å². The van der Waals surface area contributed by atoms with Gasteiger partial charge < -0.3 is 14.2 Å². The largest absolute Gasteiger partial charge is 0.497 e. The third-order valence-electron chi connectivity index (χ3n) is 5.33. The molecule has 9 heteroatoms. The molecule has 0 saturated carbocycles. The minimum absolute atomic E-state index is 0.0637. The average Bonchev–Trinajstić information content (AvgIpc) is 3.15. The van der Waals surface area contributed by atoms with Crippen molar-refractivity contribution < 1.29 is 19.0 Å². The van der Waals surface area contributed by atoms with Crippen LogP contribution in [-0.4, -0.2) is 41.6 Å². The molecule has 0 amide bonds. The number of hydrogen-bond acceptors (Lipinski definition) is 8. The number of fused-ring (bicyclic) bond motifs is 3. The molecule has 3 aromatic rings. The van der Waals surface area contributed by atoms with Crippen molar-refractivity contribution in [3.63, 3.8) is 0 Å². The number of hydrogen-bond donors (Lipinski definition) is 0. The lowest BCUT2D eigenvalue weighted by molar-refractivity contribution is -0.137. The molecule has 1 aromatic carbocycles. The van der Waals surface area contributed by atoms with Crippen LogP contribution < -0.4 is 10.3 Å². The lowest BCUT2D eigenvalue weighted by atomic mass is 9.96. The van der Waals surface area contributed by atoms with Crippen LogP contribution >= 0.6 is 23.1 Å². The first-order valence-electron chi connectivity index (χ1n) is 9.95. The summed E-state index contributed by atoms with van der Waals surface area (Å²) in [5.74, 6) is 0.738. The first-order chi connectivity index (χ1) is 14.9. The number of carbonyl (C=O) groups is 1. The number of rotatable bonds is 6. The first-order valence-corrected chi connectivity index (χ1v) is 11.8. The van der Waals surface area contributed by atoms with Crippen molar-refractivity contribution in [2.45, 2.75) is 38.1 Å². The van der Waals surface area contributed by atoms with Crippen LogP contribution in [0.1, 0.15) is 24.3 Å². The Labute approximate surface area is 188 Å². The molecule has 0 aliphatic carbocycles. The molecule has 0 saturated heterocycles. The first kappa shape index (κ1) is 21.9. The standard InChI is InChI=1S/C22H24N2O5S2/c1-12(2)16-9-15-17(10-29-16)31-20-19(15)21(26)24(13-5-7-14(27-3)8-6-13)22(23-20)30-11-18(25)28-4/h5-8,12,16H,9-11H2,1-4H3/t16-/m1/s1. The number of aromatic nitrogens is 2. The van der Waals surface area contributed by atoms with Gasteiger partial charge in [0.25, 0.3) is 5.56 Å². The molecule has 0 bridgehead atoms. The number of thioether (sulfide) groups is 1. The van der Waals surface area contributed by atoms with Gasteiger partial charge in [-0.3, -0.25) is 14.2 Å². The molecule has 3 heterocycles. The highest BCUT2D eigenvalue weighted by molar-refractivity contribution is 7.99. The fourth-order valence-corrected chi connectivity index (χ4v) is 5.58. The van der Waals surface area contributed by atoms with Gasteiger partial charge >= 0.3 is 5.97 Å². The Morgan fingerprint density at radius 1 is 1.32 bits per heavy atom. The van der Waals surface area contributed by atoms with Crippen LogP contribution in [0, 0.1) is 5.92 Å². The number of benzene rings is 1. The third-order valence-corrected chi connectivity index (χ3v) is 7.34. The van der Waals surface area contributed by atoms with E-state index >= 15 is 0 Å². The van der Waals surface area contributed by atoms with E-state index in [0.29, 0.717) is 45.8 Å². The van der Waals surface area contributed by atoms with Crippen LogP contribution in [0.25, 0.3) is 15.9 Å². The maximum Gasteiger partial charge on any atom is 0.316 e. The minimum Gasteiger partial charge on any atom is -0.497 e. The van der Waals surface area contributed by atoms with Gasteiger partial charge in [-0.1, -0.05) is 25.6 Å². The van der Waals surface area contributed by atoms with E-state index in [9.17, 15) is 9.59 Å². The van der Waals surface area contributed by atoms with Crippen LogP contribution in [0.4, 0.5) is 0 Å². The SMILES string of the molecule is COC(=O)CSc1nc2sc3c(c2c(=O)n1-c1ccc(OC)cc1)C[C@H](C(C)C)OC3. The molecule has 1 aliphatic rings. The van der Waals surface area contributed by atoms with Crippen LogP contribution in [0.2, 0.25) is 0 Å². The Morgan fingerprint density at radius 2 is 2.06 bits per heavy atom. The summed E-state index contributed by atoms with van der Waals surface area (Å²) < 4.78 is 17.6. The van der Waals surface area contributed by atoms with Crippen molar-refractivity contribution in [1.29, 1.82) is 0 Å². The molecule has 31 heavy (non-hydrogen) atoms. The lowest BCUT2D eigenvalue weighted by Crippen LogP contribution is -2.28. The number of nitrogens with zero attached hydrogens (tertiary/aromatic N) is 2. The van der Waals surface area contributed by atoms with Crippen LogP contribution in [0.3, 0.4) is 0 Å². The normalized spacial score (nSPS) is 15.8. The van der Waals surface area contributed by atoms with Crippen molar-refractivity contribution >= 4 is 39.3 Å². The van der Waals surface area contributed by atoms with Gasteiger partial charge in [-0.15, -0.1) is 11.3 Å². The summed E-state index contributed by atoms with van der Waals surface area (Å²) in [6.45, 7) is 4.74. The summed E-state index contributed by atoms with van der Waals surface area (Å²) in [5.41, 5.74) is 1.57. The Bertz CT molecular complexity index is 1170. The summed E-state index contributed by atoms with van der Waals surface area (Å²) in [4.78, 5) is 32.0. The van der Waals surface area contributed by atoms with E-state index in [-0.39, 0.29) is 23.4 Å². The van der Waals surface area contributed by atoms with Crippen LogP contribution in [-0.2, 0) is 27.3 Å². The molecule has 1 atom stereocenters. The molecule has 0 spiro atoms. The van der Waals surface area contributed by atoms with Crippen molar-refractivity contribution in [3.05, 3.63) is 45.1 Å². The summed E-state index contributed by atoms with van der Waals surface area (Å²) in [6, 6.07) is 7.22. The fourth-order valence-electron chi connectivity index (χ4n) is 3.57. The minimum atomic E-state index is -0.376.